The van der Waals surface area contributed by atoms with E-state index in [9.17, 15) is 0 Å². The van der Waals surface area contributed by atoms with Crippen LogP contribution in [-0.4, -0.2) is 27.6 Å². The van der Waals surface area contributed by atoms with Crippen molar-refractivity contribution in [2.75, 3.05) is 17.3 Å². The zero-order valence-corrected chi connectivity index (χ0v) is 12.1. The molecule has 1 aliphatic carbocycles. The summed E-state index contributed by atoms with van der Waals surface area (Å²) in [5.41, 5.74) is 2.44. The summed E-state index contributed by atoms with van der Waals surface area (Å²) in [7, 11) is 0. The van der Waals surface area contributed by atoms with Crippen LogP contribution in [0, 0.1) is 0 Å². The van der Waals surface area contributed by atoms with Crippen LogP contribution in [0.2, 0.25) is 0 Å². The Morgan fingerprint density at radius 1 is 1.05 bits per heavy atom. The minimum absolute atomic E-state index is 0.295. The second-order valence-electron chi connectivity index (χ2n) is 5.03. The molecule has 1 saturated carbocycles. The van der Waals surface area contributed by atoms with E-state index in [0.29, 0.717) is 30.6 Å². The number of hydrazine groups is 1. The summed E-state index contributed by atoms with van der Waals surface area (Å²) in [5, 5.41) is 3.38. The lowest BCUT2D eigenvalue weighted by Crippen LogP contribution is -2.23. The Morgan fingerprint density at radius 2 is 1.70 bits per heavy atom. The Kier molecular flexibility index (Phi) is 5.79. The number of hydrogen-bond donors (Lipinski definition) is 3. The molecule has 7 heteroatoms. The third-order valence-electron chi connectivity index (χ3n) is 3.46. The molecule has 1 aromatic heterocycles. The average molecular weight is 280 g/mol. The third-order valence-corrected chi connectivity index (χ3v) is 3.46. The molecule has 7 nitrogen and oxygen atoms in total. The first kappa shape index (κ1) is 14.8. The van der Waals surface area contributed by atoms with Crippen LogP contribution >= 0.6 is 0 Å². The van der Waals surface area contributed by atoms with Gasteiger partial charge in [-0.1, -0.05) is 32.1 Å². The van der Waals surface area contributed by atoms with Crippen molar-refractivity contribution in [3.63, 3.8) is 0 Å². The molecule has 2 rings (SSSR count). The minimum Gasteiger partial charge on any atom is -0.464 e. The molecular weight excluding hydrogens is 256 g/mol. The Bertz CT molecular complexity index is 406. The molecule has 1 heterocycles. The highest BCUT2D eigenvalue weighted by molar-refractivity contribution is 5.35. The van der Waals surface area contributed by atoms with Crippen LogP contribution in [0.25, 0.3) is 0 Å². The molecule has 20 heavy (non-hydrogen) atoms. The zero-order chi connectivity index (χ0) is 14.2. The molecule has 0 aliphatic heterocycles. The maximum atomic E-state index is 5.38. The van der Waals surface area contributed by atoms with Crippen molar-refractivity contribution >= 4 is 11.9 Å². The second-order valence-corrected chi connectivity index (χ2v) is 5.03. The van der Waals surface area contributed by atoms with Crippen molar-refractivity contribution in [3.05, 3.63) is 0 Å². The first-order chi connectivity index (χ1) is 9.81. The summed E-state index contributed by atoms with van der Waals surface area (Å²) in [6.07, 6.45) is 8.80. The fourth-order valence-corrected chi connectivity index (χ4v) is 2.46. The molecule has 0 unspecified atom stereocenters. The lowest BCUT2D eigenvalue weighted by molar-refractivity contribution is 0.312. The van der Waals surface area contributed by atoms with Crippen LogP contribution in [0.3, 0.4) is 0 Å². The van der Waals surface area contributed by atoms with Crippen LogP contribution in [-0.2, 0) is 0 Å². The third kappa shape index (κ3) is 4.48. The maximum Gasteiger partial charge on any atom is 0.323 e. The van der Waals surface area contributed by atoms with E-state index in [0.717, 1.165) is 12.8 Å². The number of nitrogens with one attached hydrogen (secondary N) is 2. The van der Waals surface area contributed by atoms with E-state index in [2.05, 4.69) is 25.7 Å². The summed E-state index contributed by atoms with van der Waals surface area (Å²) < 4.78 is 5.33. The summed E-state index contributed by atoms with van der Waals surface area (Å²) in [6, 6.07) is 0.710. The topological polar surface area (TPSA) is 98.0 Å². The van der Waals surface area contributed by atoms with E-state index >= 15 is 0 Å². The van der Waals surface area contributed by atoms with Gasteiger partial charge in [0.1, 0.15) is 0 Å². The molecule has 0 spiro atoms. The molecule has 0 radical (unpaired) electrons. The highest BCUT2D eigenvalue weighted by Crippen LogP contribution is 2.20. The number of nitrogens with two attached hydrogens (primary N) is 1. The van der Waals surface area contributed by atoms with Gasteiger partial charge in [0, 0.05) is 6.04 Å². The zero-order valence-electron chi connectivity index (χ0n) is 12.1. The van der Waals surface area contributed by atoms with Crippen molar-refractivity contribution < 1.29 is 4.74 Å². The number of nitrogen functional groups attached to an aromatic ring is 1. The predicted octanol–water partition coefficient (Wildman–Crippen LogP) is 2.08. The second kappa shape index (κ2) is 7.84. The van der Waals surface area contributed by atoms with E-state index < -0.39 is 0 Å². The normalized spacial score (nSPS) is 17.1. The SMILES string of the molecule is CCOc1nc(NN)nc(NC2CCCCCCC2)n1. The summed E-state index contributed by atoms with van der Waals surface area (Å²) in [6.45, 7) is 2.40. The molecule has 0 atom stereocenters. The number of hydrogen-bond acceptors (Lipinski definition) is 7. The maximum absolute atomic E-state index is 5.38. The molecule has 0 aromatic carbocycles. The lowest BCUT2D eigenvalue weighted by atomic mass is 9.97. The Labute approximate surface area is 119 Å². The summed E-state index contributed by atoms with van der Waals surface area (Å²) >= 11 is 0. The summed E-state index contributed by atoms with van der Waals surface area (Å²) in [5.74, 6) is 6.22. The summed E-state index contributed by atoms with van der Waals surface area (Å²) in [4.78, 5) is 12.5. The number of anilines is 2. The van der Waals surface area contributed by atoms with Gasteiger partial charge >= 0.3 is 6.01 Å². The minimum atomic E-state index is 0.295. The van der Waals surface area contributed by atoms with Crippen molar-refractivity contribution in [3.8, 4) is 6.01 Å². The number of rotatable bonds is 5. The van der Waals surface area contributed by atoms with Crippen molar-refractivity contribution in [2.24, 2.45) is 5.84 Å². The van der Waals surface area contributed by atoms with Gasteiger partial charge in [-0.3, -0.25) is 5.43 Å². The van der Waals surface area contributed by atoms with Gasteiger partial charge in [-0.05, 0) is 19.8 Å². The van der Waals surface area contributed by atoms with Gasteiger partial charge in [0.25, 0.3) is 0 Å². The highest BCUT2D eigenvalue weighted by atomic mass is 16.5. The molecular formula is C13H24N6O. The first-order valence-corrected chi connectivity index (χ1v) is 7.44. The Balaban J connectivity index is 2.04. The van der Waals surface area contributed by atoms with E-state index in [1.807, 2.05) is 6.92 Å². The molecule has 112 valence electrons. The van der Waals surface area contributed by atoms with Crippen LogP contribution in [0.5, 0.6) is 6.01 Å². The average Bonchev–Trinajstić information content (AvgIpc) is 2.42. The Hall–Kier alpha value is -1.63. The molecule has 1 fully saturated rings. The van der Waals surface area contributed by atoms with E-state index in [4.69, 9.17) is 10.6 Å². The fraction of sp³-hybridized carbons (Fsp3) is 0.769. The fourth-order valence-electron chi connectivity index (χ4n) is 2.46. The molecule has 0 amide bonds. The largest absolute Gasteiger partial charge is 0.464 e. The lowest BCUT2D eigenvalue weighted by Gasteiger charge is -2.21. The van der Waals surface area contributed by atoms with Crippen LogP contribution in [0.15, 0.2) is 0 Å². The van der Waals surface area contributed by atoms with Gasteiger partial charge in [-0.15, -0.1) is 0 Å². The molecule has 0 saturated heterocycles. The van der Waals surface area contributed by atoms with Gasteiger partial charge in [0.2, 0.25) is 11.9 Å². The number of ether oxygens (including phenoxy) is 1. The van der Waals surface area contributed by atoms with Crippen molar-refractivity contribution in [2.45, 2.75) is 57.9 Å². The van der Waals surface area contributed by atoms with Crippen LogP contribution in [0.4, 0.5) is 11.9 Å². The monoisotopic (exact) mass is 280 g/mol. The van der Waals surface area contributed by atoms with Crippen LogP contribution in [0.1, 0.15) is 51.9 Å². The number of aromatic nitrogens is 3. The van der Waals surface area contributed by atoms with Crippen molar-refractivity contribution in [1.82, 2.24) is 15.0 Å². The van der Waals surface area contributed by atoms with Gasteiger partial charge in [0.15, 0.2) is 0 Å². The first-order valence-electron chi connectivity index (χ1n) is 7.44. The number of nitrogens with zero attached hydrogens (tertiary/aromatic N) is 3. The van der Waals surface area contributed by atoms with E-state index in [1.54, 1.807) is 0 Å². The highest BCUT2D eigenvalue weighted by Gasteiger charge is 2.14. The smallest absolute Gasteiger partial charge is 0.323 e. The molecule has 1 aliphatic rings. The van der Waals surface area contributed by atoms with E-state index in [-0.39, 0.29) is 0 Å². The molecule has 4 N–H and O–H groups in total. The molecule has 0 bridgehead atoms. The standard InChI is InChI=1S/C13H24N6O/c1-2-20-13-17-11(16-12(18-13)19-14)15-10-8-6-4-3-5-7-9-10/h10H,2-9,14H2,1H3,(H2,15,16,17,18,19). The van der Waals surface area contributed by atoms with Crippen LogP contribution < -0.4 is 21.3 Å². The molecule has 1 aromatic rings. The Morgan fingerprint density at radius 3 is 2.35 bits per heavy atom. The quantitative estimate of drug-likeness (QED) is 0.561. The van der Waals surface area contributed by atoms with Gasteiger partial charge in [0.05, 0.1) is 6.61 Å². The van der Waals surface area contributed by atoms with E-state index in [1.165, 1.54) is 32.1 Å². The van der Waals surface area contributed by atoms with Gasteiger partial charge < -0.3 is 10.1 Å². The van der Waals surface area contributed by atoms with Crippen molar-refractivity contribution in [1.29, 1.82) is 0 Å². The van der Waals surface area contributed by atoms with Gasteiger partial charge in [-0.2, -0.15) is 15.0 Å². The predicted molar refractivity (Wildman–Crippen MR) is 78.5 cm³/mol. The van der Waals surface area contributed by atoms with Gasteiger partial charge in [-0.25, -0.2) is 5.84 Å².